The molecule has 0 fully saturated rings. The highest BCUT2D eigenvalue weighted by atomic mass is 16.5. The molecule has 0 spiro atoms. The van der Waals surface area contributed by atoms with Gasteiger partial charge in [0.05, 0.1) is 12.6 Å². The second kappa shape index (κ2) is 7.00. The highest BCUT2D eigenvalue weighted by molar-refractivity contribution is 5.92. The third kappa shape index (κ3) is 3.63. The second-order valence-corrected chi connectivity index (χ2v) is 5.35. The quantitative estimate of drug-likeness (QED) is 0.780. The van der Waals surface area contributed by atoms with Crippen molar-refractivity contribution in [3.63, 3.8) is 0 Å². The summed E-state index contributed by atoms with van der Waals surface area (Å²) in [5.41, 5.74) is 2.36. The first-order chi connectivity index (χ1) is 11.7. The van der Waals surface area contributed by atoms with Crippen molar-refractivity contribution >= 4 is 22.5 Å². The third-order valence-electron chi connectivity index (χ3n) is 3.52. The number of hydrogen-bond acceptors (Lipinski definition) is 4. The Morgan fingerprint density at radius 1 is 1.12 bits per heavy atom. The first kappa shape index (κ1) is 15.8. The molecule has 3 rings (SSSR count). The Morgan fingerprint density at radius 2 is 1.92 bits per heavy atom. The summed E-state index contributed by atoms with van der Waals surface area (Å²) in [5.74, 6) is 1.11. The maximum Gasteiger partial charge on any atom is 0.262 e. The molecule has 0 atom stereocenters. The minimum atomic E-state index is -0.216. The van der Waals surface area contributed by atoms with Crippen molar-refractivity contribution in [2.24, 2.45) is 0 Å². The van der Waals surface area contributed by atoms with Gasteiger partial charge in [-0.1, -0.05) is 18.2 Å². The second-order valence-electron chi connectivity index (χ2n) is 5.35. The number of anilines is 1. The predicted molar refractivity (Wildman–Crippen MR) is 93.6 cm³/mol. The van der Waals surface area contributed by atoms with E-state index in [1.807, 2.05) is 61.5 Å². The van der Waals surface area contributed by atoms with Gasteiger partial charge in [-0.3, -0.25) is 9.78 Å². The monoisotopic (exact) mass is 322 g/mol. The SMILES string of the molecule is COc1ccc2nc(C)cc(OCC(=O)Nc3ccccc3)c2c1. The average molecular weight is 322 g/mol. The van der Waals surface area contributed by atoms with Crippen molar-refractivity contribution in [2.45, 2.75) is 6.92 Å². The van der Waals surface area contributed by atoms with E-state index in [0.717, 1.165) is 22.3 Å². The molecule has 1 heterocycles. The smallest absolute Gasteiger partial charge is 0.262 e. The number of carbonyl (C=O) groups excluding carboxylic acids is 1. The minimum absolute atomic E-state index is 0.0787. The molecule has 5 heteroatoms. The Bertz CT molecular complexity index is 863. The van der Waals surface area contributed by atoms with Gasteiger partial charge in [-0.25, -0.2) is 0 Å². The number of fused-ring (bicyclic) bond motifs is 1. The van der Waals surface area contributed by atoms with Crippen molar-refractivity contribution in [1.29, 1.82) is 0 Å². The molecule has 2 aromatic carbocycles. The number of methoxy groups -OCH3 is 1. The molecule has 0 aliphatic heterocycles. The van der Waals surface area contributed by atoms with Gasteiger partial charge in [0.2, 0.25) is 0 Å². The average Bonchev–Trinajstić information content (AvgIpc) is 2.60. The number of nitrogens with zero attached hydrogens (tertiary/aromatic N) is 1. The molecule has 0 unspecified atom stereocenters. The number of amides is 1. The largest absolute Gasteiger partial charge is 0.497 e. The molecule has 1 aromatic heterocycles. The highest BCUT2D eigenvalue weighted by Crippen LogP contribution is 2.29. The van der Waals surface area contributed by atoms with Crippen LogP contribution in [0.25, 0.3) is 10.9 Å². The molecular weight excluding hydrogens is 304 g/mol. The fourth-order valence-corrected chi connectivity index (χ4v) is 2.41. The van der Waals surface area contributed by atoms with E-state index in [-0.39, 0.29) is 12.5 Å². The van der Waals surface area contributed by atoms with Crippen molar-refractivity contribution in [3.8, 4) is 11.5 Å². The van der Waals surface area contributed by atoms with Gasteiger partial charge in [-0.05, 0) is 37.3 Å². The first-order valence-electron chi connectivity index (χ1n) is 7.59. The number of pyridine rings is 1. The Hall–Kier alpha value is -3.08. The van der Waals surface area contributed by atoms with E-state index in [0.29, 0.717) is 11.5 Å². The molecule has 1 amide bonds. The number of aromatic nitrogens is 1. The first-order valence-corrected chi connectivity index (χ1v) is 7.59. The summed E-state index contributed by atoms with van der Waals surface area (Å²) in [6.07, 6.45) is 0. The van der Waals surface area contributed by atoms with Crippen LogP contribution >= 0.6 is 0 Å². The summed E-state index contributed by atoms with van der Waals surface area (Å²) < 4.78 is 11.0. The van der Waals surface area contributed by atoms with Gasteiger partial charge < -0.3 is 14.8 Å². The van der Waals surface area contributed by atoms with Crippen LogP contribution in [0.3, 0.4) is 0 Å². The molecule has 0 bridgehead atoms. The number of para-hydroxylation sites is 1. The number of carbonyl (C=O) groups is 1. The summed E-state index contributed by atoms with van der Waals surface area (Å²) in [6, 6.07) is 16.7. The lowest BCUT2D eigenvalue weighted by atomic mass is 10.1. The van der Waals surface area contributed by atoms with Crippen LogP contribution in [0.2, 0.25) is 0 Å². The normalized spacial score (nSPS) is 10.4. The summed E-state index contributed by atoms with van der Waals surface area (Å²) in [6.45, 7) is 1.81. The van der Waals surface area contributed by atoms with Gasteiger partial charge in [-0.15, -0.1) is 0 Å². The van der Waals surface area contributed by atoms with Crippen LogP contribution in [0.5, 0.6) is 11.5 Å². The van der Waals surface area contributed by atoms with Gasteiger partial charge in [0.15, 0.2) is 6.61 Å². The highest BCUT2D eigenvalue weighted by Gasteiger charge is 2.09. The number of nitrogens with one attached hydrogen (secondary N) is 1. The van der Waals surface area contributed by atoms with Crippen LogP contribution < -0.4 is 14.8 Å². The van der Waals surface area contributed by atoms with Gasteiger partial charge in [0, 0.05) is 22.8 Å². The molecular formula is C19H18N2O3. The van der Waals surface area contributed by atoms with Crippen LogP contribution in [-0.2, 0) is 4.79 Å². The molecule has 3 aromatic rings. The molecule has 0 aliphatic rings. The molecule has 0 saturated heterocycles. The van der Waals surface area contributed by atoms with Gasteiger partial charge in [-0.2, -0.15) is 0 Å². The van der Waals surface area contributed by atoms with E-state index in [4.69, 9.17) is 9.47 Å². The molecule has 122 valence electrons. The van der Waals surface area contributed by atoms with Crippen LogP contribution in [-0.4, -0.2) is 24.6 Å². The van der Waals surface area contributed by atoms with Crippen molar-refractivity contribution in [1.82, 2.24) is 4.98 Å². The standard InChI is InChI=1S/C19H18N2O3/c1-13-10-18(16-11-15(23-2)8-9-17(16)20-13)24-12-19(22)21-14-6-4-3-5-7-14/h3-11H,12H2,1-2H3,(H,21,22). The van der Waals surface area contributed by atoms with Gasteiger partial charge in [0.1, 0.15) is 11.5 Å². The van der Waals surface area contributed by atoms with Crippen molar-refractivity contribution in [2.75, 3.05) is 19.0 Å². The van der Waals surface area contributed by atoms with Crippen molar-refractivity contribution < 1.29 is 14.3 Å². The van der Waals surface area contributed by atoms with Crippen molar-refractivity contribution in [3.05, 3.63) is 60.3 Å². The lowest BCUT2D eigenvalue weighted by Gasteiger charge is -2.11. The van der Waals surface area contributed by atoms with E-state index in [9.17, 15) is 4.79 Å². The predicted octanol–water partition coefficient (Wildman–Crippen LogP) is 3.57. The van der Waals surface area contributed by atoms with E-state index >= 15 is 0 Å². The van der Waals surface area contributed by atoms with Crippen LogP contribution in [0.15, 0.2) is 54.6 Å². The topological polar surface area (TPSA) is 60.5 Å². The molecule has 0 aliphatic carbocycles. The lowest BCUT2D eigenvalue weighted by Crippen LogP contribution is -2.20. The molecule has 0 saturated carbocycles. The maximum absolute atomic E-state index is 12.1. The zero-order chi connectivity index (χ0) is 16.9. The molecule has 1 N–H and O–H groups in total. The van der Waals surface area contributed by atoms with E-state index in [1.165, 1.54) is 0 Å². The molecule has 24 heavy (non-hydrogen) atoms. The summed E-state index contributed by atoms with van der Waals surface area (Å²) in [5, 5.41) is 3.61. The summed E-state index contributed by atoms with van der Waals surface area (Å²) in [7, 11) is 1.61. The Morgan fingerprint density at radius 3 is 2.67 bits per heavy atom. The lowest BCUT2D eigenvalue weighted by molar-refractivity contribution is -0.118. The minimum Gasteiger partial charge on any atom is -0.497 e. The number of aryl methyl sites for hydroxylation is 1. The number of ether oxygens (including phenoxy) is 2. The van der Waals surface area contributed by atoms with Crippen LogP contribution in [0.1, 0.15) is 5.69 Å². The number of hydrogen-bond donors (Lipinski definition) is 1. The third-order valence-corrected chi connectivity index (χ3v) is 3.52. The van der Waals surface area contributed by atoms with E-state index in [1.54, 1.807) is 7.11 Å². The van der Waals surface area contributed by atoms with E-state index < -0.39 is 0 Å². The van der Waals surface area contributed by atoms with Crippen LogP contribution in [0.4, 0.5) is 5.69 Å². The van der Waals surface area contributed by atoms with Gasteiger partial charge in [0.25, 0.3) is 5.91 Å². The fraction of sp³-hybridized carbons (Fsp3) is 0.158. The number of benzene rings is 2. The Balaban J connectivity index is 1.78. The zero-order valence-electron chi connectivity index (χ0n) is 13.6. The fourth-order valence-electron chi connectivity index (χ4n) is 2.41. The van der Waals surface area contributed by atoms with Gasteiger partial charge >= 0.3 is 0 Å². The number of rotatable bonds is 5. The summed E-state index contributed by atoms with van der Waals surface area (Å²) >= 11 is 0. The maximum atomic E-state index is 12.1. The Labute approximate surface area is 140 Å². The van der Waals surface area contributed by atoms with E-state index in [2.05, 4.69) is 10.3 Å². The molecule has 5 nitrogen and oxygen atoms in total. The van der Waals surface area contributed by atoms with Crippen LogP contribution in [0, 0.1) is 6.92 Å². The zero-order valence-corrected chi connectivity index (χ0v) is 13.6. The molecule has 0 radical (unpaired) electrons. The summed E-state index contributed by atoms with van der Waals surface area (Å²) in [4.78, 5) is 16.5. The Kier molecular flexibility index (Phi) is 4.61.